The summed E-state index contributed by atoms with van der Waals surface area (Å²) < 4.78 is 7.83. The van der Waals surface area contributed by atoms with Gasteiger partial charge in [-0.25, -0.2) is 0 Å². The first-order valence-electron chi connectivity index (χ1n) is 8.11. The SMILES string of the molecule is CC(C)[Si](Oc1ccc2c(ccc[n+]2O)c1)(C(C)C)C(C)C. The maximum atomic E-state index is 9.84. The smallest absolute Gasteiger partial charge is 0.264 e. The van der Waals surface area contributed by atoms with Crippen LogP contribution in [0.1, 0.15) is 41.5 Å². The van der Waals surface area contributed by atoms with E-state index >= 15 is 0 Å². The molecule has 2 aromatic rings. The molecule has 0 fully saturated rings. The van der Waals surface area contributed by atoms with Crippen LogP contribution in [0.5, 0.6) is 5.75 Å². The van der Waals surface area contributed by atoms with Crippen LogP contribution in [0.4, 0.5) is 0 Å². The summed E-state index contributed by atoms with van der Waals surface area (Å²) in [7, 11) is -1.94. The number of benzene rings is 1. The Morgan fingerprint density at radius 2 is 1.55 bits per heavy atom. The van der Waals surface area contributed by atoms with Gasteiger partial charge in [0.05, 0.1) is 5.39 Å². The Morgan fingerprint density at radius 3 is 2.09 bits per heavy atom. The molecule has 0 aliphatic carbocycles. The molecule has 0 aliphatic rings. The monoisotopic (exact) mass is 318 g/mol. The summed E-state index contributed by atoms with van der Waals surface area (Å²) in [4.78, 5) is 0. The fourth-order valence-corrected chi connectivity index (χ4v) is 9.05. The Labute approximate surface area is 134 Å². The van der Waals surface area contributed by atoms with Crippen molar-refractivity contribution in [3.8, 4) is 5.75 Å². The second-order valence-electron chi connectivity index (χ2n) is 6.99. The first-order chi connectivity index (χ1) is 10.3. The molecule has 3 nitrogen and oxygen atoms in total. The van der Waals surface area contributed by atoms with Gasteiger partial charge in [-0.1, -0.05) is 41.5 Å². The maximum Gasteiger partial charge on any atom is 0.264 e. The minimum atomic E-state index is -1.94. The molecule has 0 aliphatic heterocycles. The molecule has 0 spiro atoms. The van der Waals surface area contributed by atoms with Gasteiger partial charge in [0.2, 0.25) is 6.20 Å². The lowest BCUT2D eigenvalue weighted by Gasteiger charge is -2.42. The van der Waals surface area contributed by atoms with Crippen molar-refractivity contribution in [3.05, 3.63) is 36.5 Å². The first kappa shape index (κ1) is 16.8. The minimum absolute atomic E-state index is 0.543. The van der Waals surface area contributed by atoms with Crippen LogP contribution < -0.4 is 9.16 Å². The summed E-state index contributed by atoms with van der Waals surface area (Å²) in [5.41, 5.74) is 2.42. The fourth-order valence-electron chi connectivity index (χ4n) is 3.80. The average Bonchev–Trinajstić information content (AvgIpc) is 2.43. The summed E-state index contributed by atoms with van der Waals surface area (Å²) in [6, 6.07) is 9.77. The van der Waals surface area contributed by atoms with Crippen molar-refractivity contribution < 1.29 is 14.4 Å². The molecule has 0 saturated carbocycles. The van der Waals surface area contributed by atoms with Gasteiger partial charge in [0.25, 0.3) is 13.8 Å². The molecule has 4 heteroatoms. The van der Waals surface area contributed by atoms with E-state index in [0.29, 0.717) is 16.6 Å². The Balaban J connectivity index is 2.47. The normalized spacial score (nSPS) is 12.6. The molecule has 0 unspecified atom stereocenters. The highest BCUT2D eigenvalue weighted by Gasteiger charge is 2.47. The number of aromatic nitrogens is 1. The van der Waals surface area contributed by atoms with E-state index < -0.39 is 8.32 Å². The largest absolute Gasteiger partial charge is 0.543 e. The highest BCUT2D eigenvalue weighted by molar-refractivity contribution is 6.78. The Hall–Kier alpha value is -1.55. The summed E-state index contributed by atoms with van der Waals surface area (Å²) in [5, 5.41) is 10.8. The second-order valence-corrected chi connectivity index (χ2v) is 12.4. The summed E-state index contributed by atoms with van der Waals surface area (Å²) in [5.74, 6) is 0.918. The third kappa shape index (κ3) is 2.84. The van der Waals surface area contributed by atoms with Gasteiger partial charge in [-0.3, -0.25) is 5.21 Å². The molecule has 0 amide bonds. The van der Waals surface area contributed by atoms with Gasteiger partial charge in [-0.2, -0.15) is 0 Å². The van der Waals surface area contributed by atoms with E-state index in [1.165, 1.54) is 0 Å². The lowest BCUT2D eigenvalue weighted by molar-refractivity contribution is -0.884. The van der Waals surface area contributed by atoms with Crippen molar-refractivity contribution in [2.24, 2.45) is 0 Å². The number of rotatable bonds is 5. The lowest BCUT2D eigenvalue weighted by atomic mass is 10.2. The van der Waals surface area contributed by atoms with E-state index in [0.717, 1.165) is 21.4 Å². The van der Waals surface area contributed by atoms with E-state index in [-0.39, 0.29) is 0 Å². The molecule has 2 rings (SSSR count). The third-order valence-corrected chi connectivity index (χ3v) is 10.8. The van der Waals surface area contributed by atoms with Crippen molar-refractivity contribution >= 4 is 19.2 Å². The molecule has 0 saturated heterocycles. The Bertz CT molecular complexity index is 631. The molecular formula is C18H28NO2Si+. The lowest BCUT2D eigenvalue weighted by Crippen LogP contribution is -2.50. The minimum Gasteiger partial charge on any atom is -0.543 e. The van der Waals surface area contributed by atoms with Gasteiger partial charge in [-0.15, -0.1) is 0 Å². The van der Waals surface area contributed by atoms with Gasteiger partial charge in [0.1, 0.15) is 5.75 Å². The molecule has 0 radical (unpaired) electrons. The highest BCUT2D eigenvalue weighted by Crippen LogP contribution is 2.42. The van der Waals surface area contributed by atoms with E-state index in [9.17, 15) is 5.21 Å². The zero-order chi connectivity index (χ0) is 16.5. The average molecular weight is 319 g/mol. The summed E-state index contributed by atoms with van der Waals surface area (Å²) >= 11 is 0. The van der Waals surface area contributed by atoms with Crippen LogP contribution in [0.25, 0.3) is 10.9 Å². The second kappa shape index (κ2) is 6.29. The van der Waals surface area contributed by atoms with Gasteiger partial charge in [0, 0.05) is 16.9 Å². The van der Waals surface area contributed by atoms with Crippen LogP contribution in [0, 0.1) is 0 Å². The molecule has 1 N–H and O–H groups in total. The van der Waals surface area contributed by atoms with Crippen LogP contribution in [0.2, 0.25) is 16.6 Å². The zero-order valence-corrected chi connectivity index (χ0v) is 15.5. The molecule has 22 heavy (non-hydrogen) atoms. The number of pyridine rings is 1. The van der Waals surface area contributed by atoms with Crippen LogP contribution in [0.3, 0.4) is 0 Å². The van der Waals surface area contributed by atoms with E-state index in [4.69, 9.17) is 4.43 Å². The molecular weight excluding hydrogens is 290 g/mol. The molecule has 1 aromatic carbocycles. The van der Waals surface area contributed by atoms with Crippen molar-refractivity contribution in [2.75, 3.05) is 0 Å². The van der Waals surface area contributed by atoms with E-state index in [2.05, 4.69) is 41.5 Å². The number of hydrogen-bond donors (Lipinski definition) is 1. The summed E-state index contributed by atoms with van der Waals surface area (Å²) in [6.07, 6.45) is 1.64. The van der Waals surface area contributed by atoms with Crippen molar-refractivity contribution in [1.82, 2.24) is 0 Å². The van der Waals surface area contributed by atoms with Crippen molar-refractivity contribution in [2.45, 2.75) is 58.2 Å². The number of fused-ring (bicyclic) bond motifs is 1. The van der Waals surface area contributed by atoms with Crippen molar-refractivity contribution in [1.29, 1.82) is 0 Å². The number of nitrogens with zero attached hydrogens (tertiary/aromatic N) is 1. The Morgan fingerprint density at radius 1 is 0.955 bits per heavy atom. The van der Waals surface area contributed by atoms with Crippen LogP contribution >= 0.6 is 0 Å². The van der Waals surface area contributed by atoms with E-state index in [1.807, 2.05) is 30.3 Å². The molecule has 0 bridgehead atoms. The van der Waals surface area contributed by atoms with Gasteiger partial charge < -0.3 is 4.43 Å². The van der Waals surface area contributed by atoms with E-state index in [1.54, 1.807) is 6.20 Å². The maximum absolute atomic E-state index is 9.84. The van der Waals surface area contributed by atoms with Crippen LogP contribution in [0.15, 0.2) is 36.5 Å². The molecule has 1 heterocycles. The standard InChI is InChI=1S/C18H28NO2Si/c1-13(2)22(14(3)4,15(5)6)21-17-9-10-18-16(12-17)8-7-11-19(18)20/h7-15,20H,1-6H3/q+1. The zero-order valence-electron chi connectivity index (χ0n) is 14.5. The first-order valence-corrected chi connectivity index (χ1v) is 10.3. The van der Waals surface area contributed by atoms with Gasteiger partial charge in [-0.05, 0) is 34.8 Å². The van der Waals surface area contributed by atoms with Crippen molar-refractivity contribution in [3.63, 3.8) is 0 Å². The molecule has 1 aromatic heterocycles. The third-order valence-electron chi connectivity index (χ3n) is 4.75. The summed E-state index contributed by atoms with van der Waals surface area (Å²) in [6.45, 7) is 13.7. The molecule has 0 atom stereocenters. The van der Waals surface area contributed by atoms with Crippen LogP contribution in [-0.4, -0.2) is 13.5 Å². The van der Waals surface area contributed by atoms with Gasteiger partial charge >= 0.3 is 0 Å². The number of hydrogen-bond acceptors (Lipinski definition) is 2. The fraction of sp³-hybridized carbons (Fsp3) is 0.500. The Kier molecular flexibility index (Phi) is 4.80. The topological polar surface area (TPSA) is 33.3 Å². The predicted octanol–water partition coefficient (Wildman–Crippen LogP) is 4.92. The quantitative estimate of drug-likeness (QED) is 0.482. The molecule has 120 valence electrons. The highest BCUT2D eigenvalue weighted by atomic mass is 28.4. The van der Waals surface area contributed by atoms with Crippen LogP contribution in [-0.2, 0) is 0 Å². The predicted molar refractivity (Wildman–Crippen MR) is 93.0 cm³/mol. The van der Waals surface area contributed by atoms with Gasteiger partial charge in [0.15, 0.2) is 0 Å².